The van der Waals surface area contributed by atoms with Crippen LogP contribution >= 0.6 is 0 Å². The number of amides is 1. The van der Waals surface area contributed by atoms with Crippen LogP contribution in [0.1, 0.15) is 6.42 Å². The normalized spacial score (nSPS) is 19.1. The van der Waals surface area contributed by atoms with E-state index >= 15 is 0 Å². The molecular formula is C9H9FN4O. The Kier molecular flexibility index (Phi) is 2.66. The lowest BCUT2D eigenvalue weighted by molar-refractivity contribution is -0.117. The average molecular weight is 208 g/mol. The maximum Gasteiger partial charge on any atom is 0.252 e. The predicted octanol–water partition coefficient (Wildman–Crippen LogP) is 1.38. The topological polar surface area (TPSA) is 66.7 Å². The first-order chi connectivity index (χ1) is 7.25. The van der Waals surface area contributed by atoms with Crippen LogP contribution in [0.4, 0.5) is 10.2 Å². The zero-order valence-electron chi connectivity index (χ0n) is 7.85. The molecule has 2 heterocycles. The molecule has 6 heteroatoms. The highest BCUT2D eigenvalue weighted by Gasteiger charge is 2.21. The Morgan fingerprint density at radius 1 is 1.53 bits per heavy atom. The Morgan fingerprint density at radius 3 is 3.07 bits per heavy atom. The molecule has 0 fully saturated rings. The van der Waals surface area contributed by atoms with Gasteiger partial charge in [-0.25, -0.2) is 4.98 Å². The van der Waals surface area contributed by atoms with Gasteiger partial charge in [0.25, 0.3) is 5.91 Å². The second-order valence-corrected chi connectivity index (χ2v) is 3.12. The minimum absolute atomic E-state index is 0.196. The molecule has 0 radical (unpaired) electrons. The smallest absolute Gasteiger partial charge is 0.252 e. The molecule has 1 atom stereocenters. The summed E-state index contributed by atoms with van der Waals surface area (Å²) in [6, 6.07) is 3.75. The Hall–Kier alpha value is -1.85. The molecule has 1 aromatic rings. The molecule has 0 spiro atoms. The van der Waals surface area contributed by atoms with E-state index in [-0.39, 0.29) is 11.7 Å². The van der Waals surface area contributed by atoms with Crippen molar-refractivity contribution in [3.05, 3.63) is 24.1 Å². The fraction of sp³-hybridized carbons (Fsp3) is 0.333. The van der Waals surface area contributed by atoms with Crippen LogP contribution in [-0.4, -0.2) is 23.5 Å². The summed E-state index contributed by atoms with van der Waals surface area (Å²) in [5.74, 6) is -0.725. The van der Waals surface area contributed by atoms with Gasteiger partial charge in [0.05, 0.1) is 6.54 Å². The van der Waals surface area contributed by atoms with E-state index in [1.54, 1.807) is 0 Å². The average Bonchev–Trinajstić information content (AvgIpc) is 2.70. The first-order valence-corrected chi connectivity index (χ1v) is 4.56. The molecule has 0 saturated carbocycles. The minimum Gasteiger partial charge on any atom is -0.309 e. The van der Waals surface area contributed by atoms with Crippen molar-refractivity contribution in [3.63, 3.8) is 0 Å². The zero-order valence-corrected chi connectivity index (χ0v) is 7.85. The molecule has 2 rings (SSSR count). The summed E-state index contributed by atoms with van der Waals surface area (Å²) in [7, 11) is 0. The van der Waals surface area contributed by atoms with Crippen LogP contribution in [-0.2, 0) is 4.79 Å². The first-order valence-electron chi connectivity index (χ1n) is 4.56. The number of anilines is 1. The summed E-state index contributed by atoms with van der Waals surface area (Å²) in [5.41, 5.74) is 0. The van der Waals surface area contributed by atoms with Crippen molar-refractivity contribution in [1.29, 1.82) is 0 Å². The third kappa shape index (κ3) is 2.34. The minimum atomic E-state index is -0.624. The molecular weight excluding hydrogens is 199 g/mol. The van der Waals surface area contributed by atoms with E-state index in [1.165, 1.54) is 18.2 Å². The zero-order chi connectivity index (χ0) is 10.7. The van der Waals surface area contributed by atoms with Gasteiger partial charge in [0.15, 0.2) is 6.04 Å². The maximum absolute atomic E-state index is 12.7. The lowest BCUT2D eigenvalue weighted by Gasteiger charge is -2.06. The Morgan fingerprint density at radius 2 is 2.40 bits per heavy atom. The number of hydrogen-bond acceptors (Lipinski definition) is 4. The van der Waals surface area contributed by atoms with E-state index in [0.29, 0.717) is 13.0 Å². The summed E-state index contributed by atoms with van der Waals surface area (Å²) < 4.78 is 12.7. The molecule has 5 nitrogen and oxygen atoms in total. The van der Waals surface area contributed by atoms with Crippen LogP contribution in [0.15, 0.2) is 28.4 Å². The number of carbonyl (C=O) groups excluding carboxylic acids is 1. The molecule has 0 aliphatic carbocycles. The van der Waals surface area contributed by atoms with Gasteiger partial charge in [0, 0.05) is 6.42 Å². The molecule has 15 heavy (non-hydrogen) atoms. The summed E-state index contributed by atoms with van der Waals surface area (Å²) in [4.78, 5) is 15.0. The van der Waals surface area contributed by atoms with Crippen LogP contribution in [0, 0.1) is 5.95 Å². The standard InChI is InChI=1S/C9H9FN4O/c10-7-2-1-3-8(12-7)13-9(15)6-4-5-11-14-6/h1-3,6H,4-5H2,(H,12,13,15). The van der Waals surface area contributed by atoms with E-state index in [0.717, 1.165) is 0 Å². The molecule has 1 amide bonds. The molecule has 1 N–H and O–H groups in total. The van der Waals surface area contributed by atoms with Gasteiger partial charge >= 0.3 is 0 Å². The first kappa shape index (κ1) is 9.70. The molecule has 0 saturated heterocycles. The molecule has 1 aliphatic rings. The molecule has 0 bridgehead atoms. The Balaban J connectivity index is 2.02. The van der Waals surface area contributed by atoms with E-state index < -0.39 is 12.0 Å². The highest BCUT2D eigenvalue weighted by Crippen LogP contribution is 2.11. The van der Waals surface area contributed by atoms with Gasteiger partial charge in [-0.2, -0.15) is 14.6 Å². The van der Waals surface area contributed by atoms with E-state index in [4.69, 9.17) is 0 Å². The summed E-state index contributed by atoms with van der Waals surface area (Å²) >= 11 is 0. The van der Waals surface area contributed by atoms with Gasteiger partial charge in [0.1, 0.15) is 5.82 Å². The highest BCUT2D eigenvalue weighted by atomic mass is 19.1. The number of azo groups is 1. The van der Waals surface area contributed by atoms with Crippen molar-refractivity contribution in [2.24, 2.45) is 10.2 Å². The predicted molar refractivity (Wildman–Crippen MR) is 51.0 cm³/mol. The third-order valence-electron chi connectivity index (χ3n) is 1.99. The number of hydrogen-bond donors (Lipinski definition) is 1. The van der Waals surface area contributed by atoms with Gasteiger partial charge in [0.2, 0.25) is 5.95 Å². The quantitative estimate of drug-likeness (QED) is 0.746. The number of halogens is 1. The molecule has 1 aromatic heterocycles. The van der Waals surface area contributed by atoms with Crippen LogP contribution < -0.4 is 5.32 Å². The highest BCUT2D eigenvalue weighted by molar-refractivity contribution is 5.94. The molecule has 0 aromatic carbocycles. The summed E-state index contributed by atoms with van der Waals surface area (Å²) in [6.45, 7) is 0.564. The third-order valence-corrected chi connectivity index (χ3v) is 1.99. The second kappa shape index (κ2) is 4.12. The van der Waals surface area contributed by atoms with Gasteiger partial charge in [-0.3, -0.25) is 4.79 Å². The fourth-order valence-corrected chi connectivity index (χ4v) is 1.26. The van der Waals surface area contributed by atoms with E-state index in [2.05, 4.69) is 20.5 Å². The van der Waals surface area contributed by atoms with Crippen molar-refractivity contribution in [1.82, 2.24) is 4.98 Å². The number of nitrogens with zero attached hydrogens (tertiary/aromatic N) is 3. The summed E-state index contributed by atoms with van der Waals surface area (Å²) in [6.07, 6.45) is 0.598. The van der Waals surface area contributed by atoms with E-state index in [1.807, 2.05) is 0 Å². The van der Waals surface area contributed by atoms with Crippen molar-refractivity contribution in [2.75, 3.05) is 11.9 Å². The van der Waals surface area contributed by atoms with Crippen molar-refractivity contribution >= 4 is 11.7 Å². The Labute approximate surface area is 85.4 Å². The van der Waals surface area contributed by atoms with Gasteiger partial charge < -0.3 is 5.32 Å². The number of aromatic nitrogens is 1. The summed E-state index contributed by atoms with van der Waals surface area (Å²) in [5, 5.41) is 9.94. The van der Waals surface area contributed by atoms with Crippen molar-refractivity contribution < 1.29 is 9.18 Å². The number of nitrogens with one attached hydrogen (secondary N) is 1. The van der Waals surface area contributed by atoms with Crippen molar-refractivity contribution in [3.8, 4) is 0 Å². The number of pyridine rings is 1. The van der Waals surface area contributed by atoms with Crippen LogP contribution in [0.2, 0.25) is 0 Å². The van der Waals surface area contributed by atoms with Crippen LogP contribution in [0.25, 0.3) is 0 Å². The van der Waals surface area contributed by atoms with E-state index in [9.17, 15) is 9.18 Å². The number of carbonyl (C=O) groups is 1. The lowest BCUT2D eigenvalue weighted by Crippen LogP contribution is -2.25. The SMILES string of the molecule is O=C(Nc1cccc(F)n1)C1CCN=N1. The van der Waals surface area contributed by atoms with Crippen molar-refractivity contribution in [2.45, 2.75) is 12.5 Å². The molecule has 78 valence electrons. The monoisotopic (exact) mass is 208 g/mol. The lowest BCUT2D eigenvalue weighted by atomic mass is 10.2. The molecule has 1 unspecified atom stereocenters. The largest absolute Gasteiger partial charge is 0.309 e. The maximum atomic E-state index is 12.7. The van der Waals surface area contributed by atoms with Crippen LogP contribution in [0.5, 0.6) is 0 Å². The molecule has 1 aliphatic heterocycles. The van der Waals surface area contributed by atoms with Crippen LogP contribution in [0.3, 0.4) is 0 Å². The van der Waals surface area contributed by atoms with Gasteiger partial charge in [-0.1, -0.05) is 6.07 Å². The Bertz CT molecular complexity index is 407. The van der Waals surface area contributed by atoms with Gasteiger partial charge in [-0.05, 0) is 12.1 Å². The number of rotatable bonds is 2. The second-order valence-electron chi connectivity index (χ2n) is 3.12. The fourth-order valence-electron chi connectivity index (χ4n) is 1.26. The van der Waals surface area contributed by atoms with Gasteiger partial charge in [-0.15, -0.1) is 0 Å².